The highest BCUT2D eigenvalue weighted by Gasteiger charge is 2.20. The Morgan fingerprint density at radius 1 is 0.548 bits per heavy atom. The predicted molar refractivity (Wildman–Crippen MR) is 127 cm³/mol. The van der Waals surface area contributed by atoms with Crippen LogP contribution in [0.2, 0.25) is 0 Å². The highest BCUT2D eigenvalue weighted by atomic mass is 19.1. The average Bonchev–Trinajstić information content (AvgIpc) is 2.84. The van der Waals surface area contributed by atoms with Crippen LogP contribution >= 0.6 is 0 Å². The molecule has 31 heavy (non-hydrogen) atoms. The van der Waals surface area contributed by atoms with Crippen molar-refractivity contribution in [2.75, 3.05) is 7.11 Å². The van der Waals surface area contributed by atoms with Gasteiger partial charge in [0.2, 0.25) is 0 Å². The van der Waals surface area contributed by atoms with E-state index in [0.29, 0.717) is 0 Å². The molecule has 0 atom stereocenters. The summed E-state index contributed by atoms with van der Waals surface area (Å²) >= 11 is 0. The molecular formula is C29H21FO. The zero-order valence-electron chi connectivity index (χ0n) is 17.2. The van der Waals surface area contributed by atoms with E-state index in [2.05, 4.69) is 60.7 Å². The summed E-state index contributed by atoms with van der Waals surface area (Å²) in [5.41, 5.74) is 6.30. The number of benzene rings is 5. The van der Waals surface area contributed by atoms with Crippen LogP contribution in [0.25, 0.3) is 44.2 Å². The van der Waals surface area contributed by atoms with Crippen LogP contribution in [0.1, 0.15) is 0 Å². The van der Waals surface area contributed by atoms with Crippen LogP contribution in [0.5, 0.6) is 5.75 Å². The molecule has 0 unspecified atom stereocenters. The Morgan fingerprint density at radius 2 is 1.26 bits per heavy atom. The number of fused-ring (bicyclic) bond motifs is 1. The lowest BCUT2D eigenvalue weighted by molar-refractivity contribution is 0.416. The SMILES string of the molecule is COc1ccc(-c2ccc(F)cc2)c(-c2cccc3ccccc23)c1-c1ccccc1. The maximum absolute atomic E-state index is 13.7. The van der Waals surface area contributed by atoms with Gasteiger partial charge in [-0.25, -0.2) is 4.39 Å². The van der Waals surface area contributed by atoms with Gasteiger partial charge in [-0.1, -0.05) is 91.0 Å². The van der Waals surface area contributed by atoms with Gasteiger partial charge in [-0.3, -0.25) is 0 Å². The Morgan fingerprint density at radius 3 is 2.03 bits per heavy atom. The van der Waals surface area contributed by atoms with E-state index in [1.807, 2.05) is 36.4 Å². The minimum atomic E-state index is -0.243. The fourth-order valence-electron chi connectivity index (χ4n) is 4.24. The van der Waals surface area contributed by atoms with Gasteiger partial charge in [0.05, 0.1) is 7.11 Å². The zero-order chi connectivity index (χ0) is 21.2. The molecule has 0 spiro atoms. The summed E-state index contributed by atoms with van der Waals surface area (Å²) in [5, 5.41) is 2.34. The Labute approximate surface area is 181 Å². The molecule has 0 amide bonds. The maximum Gasteiger partial charge on any atom is 0.127 e. The van der Waals surface area contributed by atoms with Gasteiger partial charge in [0.15, 0.2) is 0 Å². The van der Waals surface area contributed by atoms with Crippen LogP contribution < -0.4 is 4.74 Å². The molecule has 0 radical (unpaired) electrons. The van der Waals surface area contributed by atoms with Crippen molar-refractivity contribution in [2.45, 2.75) is 0 Å². The fourth-order valence-corrected chi connectivity index (χ4v) is 4.24. The third-order valence-corrected chi connectivity index (χ3v) is 5.66. The molecule has 5 aromatic rings. The minimum absolute atomic E-state index is 0.243. The standard InChI is InChI=1S/C29H21FO/c1-31-27-19-18-25(21-14-16-23(30)17-15-21)29(28(27)22-9-3-2-4-10-22)26-13-7-11-20-8-5-6-12-24(20)26/h2-19H,1H3. The lowest BCUT2D eigenvalue weighted by Gasteiger charge is -2.20. The number of hydrogen-bond donors (Lipinski definition) is 0. The highest BCUT2D eigenvalue weighted by molar-refractivity contribution is 6.06. The molecule has 150 valence electrons. The topological polar surface area (TPSA) is 9.23 Å². The highest BCUT2D eigenvalue weighted by Crippen LogP contribution is 2.46. The second-order valence-corrected chi connectivity index (χ2v) is 7.47. The first-order valence-electron chi connectivity index (χ1n) is 10.3. The van der Waals surface area contributed by atoms with E-state index in [1.54, 1.807) is 7.11 Å². The molecule has 0 aliphatic carbocycles. The molecular weight excluding hydrogens is 383 g/mol. The van der Waals surface area contributed by atoms with Crippen molar-refractivity contribution in [3.63, 3.8) is 0 Å². The van der Waals surface area contributed by atoms with Crippen molar-refractivity contribution in [3.8, 4) is 39.1 Å². The molecule has 5 aromatic carbocycles. The number of halogens is 1. The van der Waals surface area contributed by atoms with Gasteiger partial charge in [-0.2, -0.15) is 0 Å². The first-order valence-corrected chi connectivity index (χ1v) is 10.3. The molecule has 0 N–H and O–H groups in total. The number of hydrogen-bond acceptors (Lipinski definition) is 1. The summed E-state index contributed by atoms with van der Waals surface area (Å²) in [6, 6.07) is 35.8. The molecule has 0 bridgehead atoms. The summed E-state index contributed by atoms with van der Waals surface area (Å²) in [4.78, 5) is 0. The first kappa shape index (κ1) is 19.1. The Kier molecular flexibility index (Phi) is 4.97. The molecule has 0 heterocycles. The molecule has 0 fully saturated rings. The normalized spacial score (nSPS) is 10.9. The molecule has 0 saturated heterocycles. The largest absolute Gasteiger partial charge is 0.496 e. The van der Waals surface area contributed by atoms with Crippen LogP contribution in [0, 0.1) is 5.82 Å². The van der Waals surface area contributed by atoms with Gasteiger partial charge < -0.3 is 4.74 Å². The van der Waals surface area contributed by atoms with E-state index in [4.69, 9.17) is 4.74 Å². The fraction of sp³-hybridized carbons (Fsp3) is 0.0345. The monoisotopic (exact) mass is 404 g/mol. The predicted octanol–water partition coefficient (Wildman–Crippen LogP) is 7.99. The zero-order valence-corrected chi connectivity index (χ0v) is 17.2. The summed E-state index contributed by atoms with van der Waals surface area (Å²) in [6.45, 7) is 0. The minimum Gasteiger partial charge on any atom is -0.496 e. The molecule has 0 aliphatic heterocycles. The van der Waals surface area contributed by atoms with Crippen LogP contribution in [0.3, 0.4) is 0 Å². The van der Waals surface area contributed by atoms with E-state index in [1.165, 1.54) is 22.9 Å². The quantitative estimate of drug-likeness (QED) is 0.295. The van der Waals surface area contributed by atoms with Gasteiger partial charge in [-0.05, 0) is 51.2 Å². The average molecular weight is 404 g/mol. The maximum atomic E-state index is 13.7. The molecule has 2 heteroatoms. The van der Waals surface area contributed by atoms with Crippen LogP contribution in [-0.2, 0) is 0 Å². The molecule has 0 aromatic heterocycles. The van der Waals surface area contributed by atoms with Crippen molar-refractivity contribution in [1.82, 2.24) is 0 Å². The number of rotatable bonds is 4. The summed E-state index contributed by atoms with van der Waals surface area (Å²) in [6.07, 6.45) is 0. The van der Waals surface area contributed by atoms with Gasteiger partial charge >= 0.3 is 0 Å². The van der Waals surface area contributed by atoms with Crippen molar-refractivity contribution < 1.29 is 9.13 Å². The van der Waals surface area contributed by atoms with Crippen molar-refractivity contribution >= 4 is 10.8 Å². The lowest BCUT2D eigenvalue weighted by atomic mass is 9.85. The lowest BCUT2D eigenvalue weighted by Crippen LogP contribution is -1.96. The van der Waals surface area contributed by atoms with E-state index < -0.39 is 0 Å². The molecule has 1 nitrogen and oxygen atoms in total. The number of methoxy groups -OCH3 is 1. The Hall–Kier alpha value is -3.91. The van der Waals surface area contributed by atoms with Crippen LogP contribution in [0.15, 0.2) is 109 Å². The van der Waals surface area contributed by atoms with E-state index in [-0.39, 0.29) is 5.82 Å². The van der Waals surface area contributed by atoms with E-state index in [0.717, 1.165) is 39.1 Å². The van der Waals surface area contributed by atoms with Crippen LogP contribution in [-0.4, -0.2) is 7.11 Å². The van der Waals surface area contributed by atoms with Crippen LogP contribution in [0.4, 0.5) is 4.39 Å². The second kappa shape index (κ2) is 8.08. The van der Waals surface area contributed by atoms with E-state index >= 15 is 0 Å². The van der Waals surface area contributed by atoms with E-state index in [9.17, 15) is 4.39 Å². The summed E-state index contributed by atoms with van der Waals surface area (Å²) in [5.74, 6) is 0.562. The molecule has 0 aliphatic rings. The Bertz CT molecular complexity index is 1350. The summed E-state index contributed by atoms with van der Waals surface area (Å²) < 4.78 is 19.5. The van der Waals surface area contributed by atoms with Crippen molar-refractivity contribution in [2.24, 2.45) is 0 Å². The Balaban J connectivity index is 1.93. The van der Waals surface area contributed by atoms with Gasteiger partial charge in [0.1, 0.15) is 11.6 Å². The van der Waals surface area contributed by atoms with Gasteiger partial charge in [0.25, 0.3) is 0 Å². The number of ether oxygens (including phenoxy) is 1. The summed E-state index contributed by atoms with van der Waals surface area (Å²) in [7, 11) is 1.70. The molecule has 0 saturated carbocycles. The van der Waals surface area contributed by atoms with Gasteiger partial charge in [-0.15, -0.1) is 0 Å². The third-order valence-electron chi connectivity index (χ3n) is 5.66. The van der Waals surface area contributed by atoms with Crippen molar-refractivity contribution in [3.05, 3.63) is 115 Å². The van der Waals surface area contributed by atoms with Crippen molar-refractivity contribution in [1.29, 1.82) is 0 Å². The second-order valence-electron chi connectivity index (χ2n) is 7.47. The third kappa shape index (κ3) is 3.47. The first-order chi connectivity index (χ1) is 15.3. The molecule has 5 rings (SSSR count). The van der Waals surface area contributed by atoms with Gasteiger partial charge in [0, 0.05) is 11.1 Å². The smallest absolute Gasteiger partial charge is 0.127 e.